The van der Waals surface area contributed by atoms with E-state index in [1.165, 1.54) is 11.3 Å². The van der Waals surface area contributed by atoms with Crippen molar-refractivity contribution >= 4 is 5.91 Å². The molecule has 6 nitrogen and oxygen atoms in total. The van der Waals surface area contributed by atoms with Crippen LogP contribution in [0.2, 0.25) is 0 Å². The third-order valence-electron chi connectivity index (χ3n) is 6.05. The number of amides is 1. The molecular weight excluding hydrogens is 316 g/mol. The number of morpholine rings is 1. The van der Waals surface area contributed by atoms with Crippen LogP contribution in [0, 0.1) is 19.8 Å². The SMILES string of the molecule is CC[C@H]1CN(C(=O)CCc2c(C)nn(C)c2C)C[C@@H]1N1CCOCC1. The molecule has 2 aliphatic rings. The molecule has 2 aliphatic heterocycles. The van der Waals surface area contributed by atoms with Gasteiger partial charge >= 0.3 is 0 Å². The van der Waals surface area contributed by atoms with Crippen molar-refractivity contribution in [3.05, 3.63) is 17.0 Å². The zero-order chi connectivity index (χ0) is 18.0. The normalized spacial score (nSPS) is 24.9. The number of rotatable bonds is 5. The summed E-state index contributed by atoms with van der Waals surface area (Å²) in [4.78, 5) is 17.4. The summed E-state index contributed by atoms with van der Waals surface area (Å²) >= 11 is 0. The second-order valence-electron chi connectivity index (χ2n) is 7.46. The summed E-state index contributed by atoms with van der Waals surface area (Å²) in [5.74, 6) is 0.876. The van der Waals surface area contributed by atoms with Gasteiger partial charge < -0.3 is 9.64 Å². The molecule has 2 atom stereocenters. The Balaban J connectivity index is 1.58. The van der Waals surface area contributed by atoms with Gasteiger partial charge in [0.2, 0.25) is 5.91 Å². The first-order chi connectivity index (χ1) is 12.0. The lowest BCUT2D eigenvalue weighted by atomic mass is 9.99. The van der Waals surface area contributed by atoms with Crippen LogP contribution in [0.5, 0.6) is 0 Å². The van der Waals surface area contributed by atoms with Gasteiger partial charge in [-0.2, -0.15) is 5.10 Å². The molecule has 3 rings (SSSR count). The highest BCUT2D eigenvalue weighted by Gasteiger charge is 2.37. The van der Waals surface area contributed by atoms with Crippen molar-refractivity contribution in [3.8, 4) is 0 Å². The number of hydrogen-bond acceptors (Lipinski definition) is 4. The first-order valence-electron chi connectivity index (χ1n) is 9.59. The molecule has 0 radical (unpaired) electrons. The number of carbonyl (C=O) groups is 1. The molecule has 2 fully saturated rings. The summed E-state index contributed by atoms with van der Waals surface area (Å²) in [6.45, 7) is 11.8. The monoisotopic (exact) mass is 348 g/mol. The van der Waals surface area contributed by atoms with Gasteiger partial charge in [0.25, 0.3) is 0 Å². The third kappa shape index (κ3) is 3.90. The van der Waals surface area contributed by atoms with Gasteiger partial charge in [0, 0.05) is 51.4 Å². The number of ether oxygens (including phenoxy) is 1. The van der Waals surface area contributed by atoms with E-state index in [0.29, 0.717) is 18.4 Å². The molecule has 0 aromatic carbocycles. The fraction of sp³-hybridized carbons (Fsp3) is 0.789. The van der Waals surface area contributed by atoms with Crippen molar-refractivity contribution in [1.82, 2.24) is 19.6 Å². The third-order valence-corrected chi connectivity index (χ3v) is 6.05. The second kappa shape index (κ2) is 7.87. The summed E-state index contributed by atoms with van der Waals surface area (Å²) in [7, 11) is 1.97. The van der Waals surface area contributed by atoms with Gasteiger partial charge in [-0.1, -0.05) is 13.3 Å². The van der Waals surface area contributed by atoms with Crippen molar-refractivity contribution < 1.29 is 9.53 Å². The van der Waals surface area contributed by atoms with Crippen molar-refractivity contribution in [2.75, 3.05) is 39.4 Å². The van der Waals surface area contributed by atoms with Gasteiger partial charge in [-0.05, 0) is 31.7 Å². The maximum atomic E-state index is 12.8. The van der Waals surface area contributed by atoms with Crippen LogP contribution in [0.15, 0.2) is 0 Å². The van der Waals surface area contributed by atoms with Gasteiger partial charge in [-0.15, -0.1) is 0 Å². The fourth-order valence-corrected chi connectivity index (χ4v) is 4.35. The van der Waals surface area contributed by atoms with Crippen molar-refractivity contribution in [2.24, 2.45) is 13.0 Å². The smallest absolute Gasteiger partial charge is 0.222 e. The molecule has 0 bridgehead atoms. The average molecular weight is 348 g/mol. The molecule has 0 N–H and O–H groups in total. The molecular formula is C19H32N4O2. The predicted octanol–water partition coefficient (Wildman–Crippen LogP) is 1.54. The number of aryl methyl sites for hydroxylation is 2. The zero-order valence-corrected chi connectivity index (χ0v) is 16.1. The molecule has 0 saturated carbocycles. The van der Waals surface area contributed by atoms with E-state index in [4.69, 9.17) is 4.74 Å². The summed E-state index contributed by atoms with van der Waals surface area (Å²) in [6.07, 6.45) is 2.51. The standard InChI is InChI=1S/C19H32N4O2/c1-5-16-12-23(13-18(16)22-8-10-25-11-9-22)19(24)7-6-17-14(2)20-21(4)15(17)3/h16,18H,5-13H2,1-4H3/t16-,18-/m0/s1. The van der Waals surface area contributed by atoms with Crippen LogP contribution in [0.4, 0.5) is 0 Å². The van der Waals surface area contributed by atoms with Gasteiger partial charge in [-0.3, -0.25) is 14.4 Å². The van der Waals surface area contributed by atoms with E-state index >= 15 is 0 Å². The van der Waals surface area contributed by atoms with Crippen LogP contribution in [-0.4, -0.2) is 70.9 Å². The molecule has 1 aromatic heterocycles. The van der Waals surface area contributed by atoms with E-state index in [1.54, 1.807) is 0 Å². The Kier molecular flexibility index (Phi) is 5.79. The quantitative estimate of drug-likeness (QED) is 0.810. The van der Waals surface area contributed by atoms with Crippen LogP contribution in [0.1, 0.15) is 36.7 Å². The van der Waals surface area contributed by atoms with Crippen molar-refractivity contribution in [3.63, 3.8) is 0 Å². The minimum atomic E-state index is 0.289. The molecule has 140 valence electrons. The molecule has 25 heavy (non-hydrogen) atoms. The maximum Gasteiger partial charge on any atom is 0.222 e. The highest BCUT2D eigenvalue weighted by Crippen LogP contribution is 2.26. The van der Waals surface area contributed by atoms with Crippen LogP contribution in [-0.2, 0) is 23.0 Å². The lowest BCUT2D eigenvalue weighted by Gasteiger charge is -2.34. The van der Waals surface area contributed by atoms with E-state index in [1.807, 2.05) is 18.7 Å². The molecule has 0 unspecified atom stereocenters. The molecule has 0 aliphatic carbocycles. The second-order valence-corrected chi connectivity index (χ2v) is 7.46. The Labute approximate surface area is 151 Å². The summed E-state index contributed by atoms with van der Waals surface area (Å²) in [6, 6.07) is 0.500. The van der Waals surface area contributed by atoms with Crippen molar-refractivity contribution in [2.45, 2.75) is 46.1 Å². The van der Waals surface area contributed by atoms with Crippen molar-refractivity contribution in [1.29, 1.82) is 0 Å². The molecule has 1 amide bonds. The number of aromatic nitrogens is 2. The predicted molar refractivity (Wildman–Crippen MR) is 97.5 cm³/mol. The summed E-state index contributed by atoms with van der Waals surface area (Å²) in [5, 5.41) is 4.46. The molecule has 3 heterocycles. The molecule has 2 saturated heterocycles. The van der Waals surface area contributed by atoms with Crippen LogP contribution in [0.25, 0.3) is 0 Å². The van der Waals surface area contributed by atoms with Crippen LogP contribution >= 0.6 is 0 Å². The van der Waals surface area contributed by atoms with Crippen LogP contribution in [0.3, 0.4) is 0 Å². The Bertz CT molecular complexity index is 607. The van der Waals surface area contributed by atoms with Gasteiger partial charge in [0.1, 0.15) is 0 Å². The van der Waals surface area contributed by atoms with E-state index < -0.39 is 0 Å². The van der Waals surface area contributed by atoms with E-state index in [9.17, 15) is 4.79 Å². The first-order valence-corrected chi connectivity index (χ1v) is 9.59. The number of carbonyl (C=O) groups excluding carboxylic acids is 1. The Morgan fingerprint density at radius 3 is 2.56 bits per heavy atom. The maximum absolute atomic E-state index is 12.8. The lowest BCUT2D eigenvalue weighted by molar-refractivity contribution is -0.130. The number of nitrogens with zero attached hydrogens (tertiary/aromatic N) is 4. The lowest BCUT2D eigenvalue weighted by Crippen LogP contribution is -2.47. The van der Waals surface area contributed by atoms with E-state index in [-0.39, 0.29) is 5.91 Å². The highest BCUT2D eigenvalue weighted by molar-refractivity contribution is 5.77. The minimum absolute atomic E-state index is 0.289. The largest absolute Gasteiger partial charge is 0.379 e. The van der Waals surface area contributed by atoms with Crippen LogP contribution < -0.4 is 0 Å². The topological polar surface area (TPSA) is 50.6 Å². The Morgan fingerprint density at radius 1 is 1.24 bits per heavy atom. The average Bonchev–Trinajstić information content (AvgIpc) is 3.16. The zero-order valence-electron chi connectivity index (χ0n) is 16.1. The fourth-order valence-electron chi connectivity index (χ4n) is 4.35. The summed E-state index contributed by atoms with van der Waals surface area (Å²) in [5.41, 5.74) is 3.45. The van der Waals surface area contributed by atoms with Gasteiger partial charge in [0.05, 0.1) is 18.9 Å². The van der Waals surface area contributed by atoms with Gasteiger partial charge in [-0.25, -0.2) is 0 Å². The van der Waals surface area contributed by atoms with E-state index in [2.05, 4.69) is 28.7 Å². The Morgan fingerprint density at radius 2 is 1.96 bits per heavy atom. The highest BCUT2D eigenvalue weighted by atomic mass is 16.5. The number of likely N-dealkylation sites (tertiary alicyclic amines) is 1. The van der Waals surface area contributed by atoms with E-state index in [0.717, 1.165) is 57.9 Å². The number of hydrogen-bond donors (Lipinski definition) is 0. The molecule has 6 heteroatoms. The molecule has 1 aromatic rings. The minimum Gasteiger partial charge on any atom is -0.379 e. The first kappa shape index (κ1) is 18.4. The van der Waals surface area contributed by atoms with Gasteiger partial charge in [0.15, 0.2) is 0 Å². The summed E-state index contributed by atoms with van der Waals surface area (Å²) < 4.78 is 7.39. The Hall–Kier alpha value is -1.40. The molecule has 0 spiro atoms.